The molecule has 9 heteroatoms. The molecule has 2 bridgehead atoms. The van der Waals surface area contributed by atoms with Gasteiger partial charge in [0.25, 0.3) is 11.8 Å². The molecule has 3 heterocycles. The number of carbonyl (C=O) groups is 3. The zero-order chi connectivity index (χ0) is 29.6. The van der Waals surface area contributed by atoms with Crippen LogP contribution in [-0.4, -0.2) is 63.7 Å². The lowest BCUT2D eigenvalue weighted by molar-refractivity contribution is -0.138. The fraction of sp³-hybridized carbons (Fsp3) is 0.303. The number of piperazine rings is 1. The minimum absolute atomic E-state index is 0.133. The first-order chi connectivity index (χ1) is 20.1. The fourth-order valence-corrected chi connectivity index (χ4v) is 6.11. The van der Waals surface area contributed by atoms with E-state index in [1.165, 1.54) is 0 Å². The lowest BCUT2D eigenvalue weighted by Gasteiger charge is -2.39. The summed E-state index contributed by atoms with van der Waals surface area (Å²) in [5.41, 5.74) is 1.12. The SMILES string of the molecule is CC(C)(C)[C@H](NC(=O)c1cc2ccccc2[nH]1)C(=O)N1C[C@@H]2C[C@H]1CN2C(=O)c1cc(Oc2ccccc2)ccc1Cl. The molecule has 2 aliphatic heterocycles. The van der Waals surface area contributed by atoms with Crippen molar-refractivity contribution >= 4 is 40.2 Å². The molecule has 0 unspecified atom stereocenters. The lowest BCUT2D eigenvalue weighted by atomic mass is 9.85. The number of hydrogen-bond donors (Lipinski definition) is 2. The minimum atomic E-state index is -0.735. The summed E-state index contributed by atoms with van der Waals surface area (Å²) in [6.45, 7) is 6.64. The molecule has 2 aliphatic rings. The Kier molecular flexibility index (Phi) is 7.19. The van der Waals surface area contributed by atoms with Gasteiger partial charge in [-0.25, -0.2) is 0 Å². The van der Waals surface area contributed by atoms with Crippen LogP contribution in [0.15, 0.2) is 78.9 Å². The lowest BCUT2D eigenvalue weighted by Crippen LogP contribution is -2.59. The van der Waals surface area contributed by atoms with Gasteiger partial charge in [-0.2, -0.15) is 0 Å². The van der Waals surface area contributed by atoms with Gasteiger partial charge in [-0.05, 0) is 54.3 Å². The fourth-order valence-electron chi connectivity index (χ4n) is 5.92. The average Bonchev–Trinajstić information content (AvgIpc) is 3.70. The van der Waals surface area contributed by atoms with E-state index in [2.05, 4.69) is 10.3 Å². The third kappa shape index (κ3) is 5.34. The maximum atomic E-state index is 13.9. The molecule has 2 saturated heterocycles. The van der Waals surface area contributed by atoms with Crippen molar-refractivity contribution in [3.8, 4) is 11.5 Å². The van der Waals surface area contributed by atoms with E-state index in [9.17, 15) is 14.4 Å². The van der Waals surface area contributed by atoms with E-state index in [1.54, 1.807) is 29.2 Å². The van der Waals surface area contributed by atoms with Crippen LogP contribution in [0.1, 0.15) is 48.0 Å². The molecule has 6 rings (SSSR count). The second-order valence-corrected chi connectivity index (χ2v) is 12.5. The molecule has 8 nitrogen and oxygen atoms in total. The number of nitrogens with zero attached hydrogens (tertiary/aromatic N) is 2. The molecule has 42 heavy (non-hydrogen) atoms. The molecule has 216 valence electrons. The number of ether oxygens (including phenoxy) is 1. The van der Waals surface area contributed by atoms with E-state index in [1.807, 2.05) is 80.3 Å². The highest BCUT2D eigenvalue weighted by Gasteiger charge is 2.50. The van der Waals surface area contributed by atoms with Crippen molar-refractivity contribution in [3.05, 3.63) is 95.1 Å². The number of hydrogen-bond acceptors (Lipinski definition) is 4. The maximum absolute atomic E-state index is 13.9. The number of H-pyrrole nitrogens is 1. The number of amides is 3. The van der Waals surface area contributed by atoms with Gasteiger partial charge in [-0.1, -0.05) is 68.8 Å². The molecule has 3 amide bonds. The highest BCUT2D eigenvalue weighted by molar-refractivity contribution is 6.33. The van der Waals surface area contributed by atoms with E-state index >= 15 is 0 Å². The summed E-state index contributed by atoms with van der Waals surface area (Å²) in [5, 5.41) is 4.27. The Morgan fingerprint density at radius 3 is 2.29 bits per heavy atom. The number of carbonyl (C=O) groups excluding carboxylic acids is 3. The Morgan fingerprint density at radius 1 is 0.905 bits per heavy atom. The predicted molar refractivity (Wildman–Crippen MR) is 162 cm³/mol. The van der Waals surface area contributed by atoms with Gasteiger partial charge in [0.1, 0.15) is 23.2 Å². The normalized spacial score (nSPS) is 18.8. The van der Waals surface area contributed by atoms with Crippen molar-refractivity contribution < 1.29 is 19.1 Å². The zero-order valence-corrected chi connectivity index (χ0v) is 24.5. The summed E-state index contributed by atoms with van der Waals surface area (Å²) in [6.07, 6.45) is 0.683. The van der Waals surface area contributed by atoms with Crippen molar-refractivity contribution in [2.24, 2.45) is 5.41 Å². The predicted octanol–water partition coefficient (Wildman–Crippen LogP) is 5.88. The summed E-state index contributed by atoms with van der Waals surface area (Å²) >= 11 is 6.46. The number of nitrogens with one attached hydrogen (secondary N) is 2. The van der Waals surface area contributed by atoms with Gasteiger partial charge in [0.05, 0.1) is 22.7 Å². The summed E-state index contributed by atoms with van der Waals surface area (Å²) < 4.78 is 5.92. The molecule has 2 N–H and O–H groups in total. The molecule has 3 aromatic carbocycles. The third-order valence-electron chi connectivity index (χ3n) is 8.09. The van der Waals surface area contributed by atoms with E-state index in [0.717, 1.165) is 10.9 Å². The van der Waals surface area contributed by atoms with Crippen LogP contribution in [0.2, 0.25) is 5.02 Å². The Bertz CT molecular complexity index is 1630. The largest absolute Gasteiger partial charge is 0.457 e. The van der Waals surface area contributed by atoms with E-state index < -0.39 is 11.5 Å². The molecular formula is C33H33ClN4O4. The van der Waals surface area contributed by atoms with Crippen molar-refractivity contribution in [2.45, 2.75) is 45.3 Å². The van der Waals surface area contributed by atoms with Gasteiger partial charge in [0.2, 0.25) is 5.91 Å². The van der Waals surface area contributed by atoms with Crippen LogP contribution in [0.5, 0.6) is 11.5 Å². The highest BCUT2D eigenvalue weighted by Crippen LogP contribution is 2.36. The number of para-hydroxylation sites is 2. The van der Waals surface area contributed by atoms with Gasteiger partial charge in [-0.15, -0.1) is 0 Å². The third-order valence-corrected chi connectivity index (χ3v) is 8.42. The van der Waals surface area contributed by atoms with Crippen LogP contribution in [0, 0.1) is 5.41 Å². The van der Waals surface area contributed by atoms with Crippen LogP contribution >= 0.6 is 11.6 Å². The van der Waals surface area contributed by atoms with Crippen molar-refractivity contribution in [1.82, 2.24) is 20.1 Å². The Labute approximate surface area is 249 Å². The van der Waals surface area contributed by atoms with Crippen molar-refractivity contribution in [3.63, 3.8) is 0 Å². The maximum Gasteiger partial charge on any atom is 0.268 e. The standard InChI is InChI=1S/C33H33ClN4O4/c1-33(2,3)29(36-30(39)28-15-20-9-7-8-12-27(20)35-28)32(41)38-19-21-16-22(38)18-37(21)31(40)25-17-24(13-14-26(25)34)42-23-10-5-4-6-11-23/h4-15,17,21-22,29,35H,16,18-19H2,1-3H3,(H,36,39)/t21-,22-,29+/m0/s1. The number of halogens is 1. The van der Waals surface area contributed by atoms with E-state index in [-0.39, 0.29) is 29.8 Å². The second kappa shape index (κ2) is 10.8. The van der Waals surface area contributed by atoms with Crippen molar-refractivity contribution in [1.29, 1.82) is 0 Å². The monoisotopic (exact) mass is 584 g/mol. The van der Waals surface area contributed by atoms with Gasteiger partial charge >= 0.3 is 0 Å². The second-order valence-electron chi connectivity index (χ2n) is 12.1. The molecule has 0 saturated carbocycles. The molecule has 3 atom stereocenters. The summed E-state index contributed by atoms with van der Waals surface area (Å²) in [6, 6.07) is 22.9. The first kappa shape index (κ1) is 27.8. The van der Waals surface area contributed by atoms with Crippen LogP contribution < -0.4 is 10.1 Å². The quantitative estimate of drug-likeness (QED) is 0.296. The number of rotatable bonds is 6. The van der Waals surface area contributed by atoms with Crippen molar-refractivity contribution in [2.75, 3.05) is 13.1 Å². The average molecular weight is 585 g/mol. The molecule has 0 radical (unpaired) electrons. The molecule has 0 spiro atoms. The Balaban J connectivity index is 1.15. The Hall–Kier alpha value is -4.30. The van der Waals surface area contributed by atoms with Crippen LogP contribution in [-0.2, 0) is 4.79 Å². The minimum Gasteiger partial charge on any atom is -0.457 e. The number of likely N-dealkylation sites (tertiary alicyclic amines) is 2. The number of aromatic amines is 1. The molecule has 1 aromatic heterocycles. The molecule has 4 aromatic rings. The van der Waals surface area contributed by atoms with E-state index in [4.69, 9.17) is 16.3 Å². The number of fused-ring (bicyclic) bond motifs is 3. The topological polar surface area (TPSA) is 94.7 Å². The number of benzene rings is 3. The number of aromatic nitrogens is 1. The molecular weight excluding hydrogens is 552 g/mol. The van der Waals surface area contributed by atoms with Gasteiger partial charge in [0, 0.05) is 24.0 Å². The summed E-state index contributed by atoms with van der Waals surface area (Å²) in [5.74, 6) is 0.541. The smallest absolute Gasteiger partial charge is 0.268 e. The van der Waals surface area contributed by atoms with Gasteiger partial charge < -0.3 is 24.8 Å². The van der Waals surface area contributed by atoms with Crippen LogP contribution in [0.3, 0.4) is 0 Å². The summed E-state index contributed by atoms with van der Waals surface area (Å²) in [4.78, 5) is 47.5. The Morgan fingerprint density at radius 2 is 1.60 bits per heavy atom. The van der Waals surface area contributed by atoms with Gasteiger partial charge in [-0.3, -0.25) is 14.4 Å². The van der Waals surface area contributed by atoms with E-state index in [0.29, 0.717) is 47.3 Å². The molecule has 0 aliphatic carbocycles. The van der Waals surface area contributed by atoms with Gasteiger partial charge in [0.15, 0.2) is 0 Å². The van der Waals surface area contributed by atoms with Crippen LogP contribution in [0.25, 0.3) is 10.9 Å². The first-order valence-electron chi connectivity index (χ1n) is 14.1. The first-order valence-corrected chi connectivity index (χ1v) is 14.5. The molecule has 2 fully saturated rings. The summed E-state index contributed by atoms with van der Waals surface area (Å²) in [7, 11) is 0. The highest BCUT2D eigenvalue weighted by atomic mass is 35.5. The zero-order valence-electron chi connectivity index (χ0n) is 23.8. The van der Waals surface area contributed by atoms with Crippen LogP contribution in [0.4, 0.5) is 0 Å².